The Bertz CT molecular complexity index is 641. The van der Waals surface area contributed by atoms with Crippen LogP contribution in [0.15, 0.2) is 23.7 Å². The molecule has 5 heteroatoms. The molecule has 1 amide bonds. The van der Waals surface area contributed by atoms with Crippen molar-refractivity contribution in [2.75, 3.05) is 19.6 Å². The lowest BCUT2D eigenvalue weighted by molar-refractivity contribution is 0.0904. The summed E-state index contributed by atoms with van der Waals surface area (Å²) < 4.78 is 1.12. The van der Waals surface area contributed by atoms with E-state index < -0.39 is 0 Å². The van der Waals surface area contributed by atoms with Crippen molar-refractivity contribution in [2.24, 2.45) is 5.92 Å². The third-order valence-electron chi connectivity index (χ3n) is 4.37. The summed E-state index contributed by atoms with van der Waals surface area (Å²) in [4.78, 5) is 19.1. The second kappa shape index (κ2) is 4.82. The summed E-state index contributed by atoms with van der Waals surface area (Å²) in [5, 5.41) is 6.29. The second-order valence-corrected chi connectivity index (χ2v) is 6.80. The molecule has 2 fully saturated rings. The van der Waals surface area contributed by atoms with Gasteiger partial charge in [-0.25, -0.2) is 0 Å². The molecule has 0 radical (unpaired) electrons. The molecule has 2 aromatic rings. The van der Waals surface area contributed by atoms with E-state index in [-0.39, 0.29) is 11.9 Å². The summed E-state index contributed by atoms with van der Waals surface area (Å²) in [7, 11) is 0. The molecule has 0 aliphatic carbocycles. The van der Waals surface area contributed by atoms with Gasteiger partial charge in [0.05, 0.1) is 0 Å². The summed E-state index contributed by atoms with van der Waals surface area (Å²) in [6.45, 7) is 3.39. The predicted molar refractivity (Wildman–Crippen MR) is 80.0 cm³/mol. The Kier molecular flexibility index (Phi) is 2.97. The van der Waals surface area contributed by atoms with Gasteiger partial charge in [0.2, 0.25) is 0 Å². The number of carbonyl (C=O) groups excluding carboxylic acids is 1. The topological polar surface area (TPSA) is 45.2 Å². The number of carbonyl (C=O) groups is 1. The third-order valence-corrected chi connectivity index (χ3v) is 5.25. The van der Waals surface area contributed by atoms with Gasteiger partial charge in [0.25, 0.3) is 5.91 Å². The van der Waals surface area contributed by atoms with Crippen LogP contribution in [-0.4, -0.2) is 41.5 Å². The highest BCUT2D eigenvalue weighted by Gasteiger charge is 2.33. The number of nitrogens with one attached hydrogen (secondary N) is 1. The SMILES string of the molecule is O=C(N[C@@H]1C[C@H]2CCN(C2)C1)c1cc2sccc2cn1. The average Bonchev–Trinajstić information content (AvgIpc) is 3.04. The first-order chi connectivity index (χ1) is 9.78. The number of piperidine rings is 1. The zero-order chi connectivity index (χ0) is 13.5. The van der Waals surface area contributed by atoms with Crippen LogP contribution < -0.4 is 5.32 Å². The number of aromatic nitrogens is 1. The summed E-state index contributed by atoms with van der Waals surface area (Å²) in [6, 6.07) is 4.21. The molecule has 2 aliphatic rings. The highest BCUT2D eigenvalue weighted by atomic mass is 32.1. The molecule has 2 aromatic heterocycles. The predicted octanol–water partition coefficient (Wildman–Crippen LogP) is 2.12. The first-order valence-corrected chi connectivity index (χ1v) is 8.02. The Labute approximate surface area is 121 Å². The lowest BCUT2D eigenvalue weighted by Crippen LogP contribution is -2.47. The second-order valence-electron chi connectivity index (χ2n) is 5.85. The van der Waals surface area contributed by atoms with Crippen LogP contribution in [0.5, 0.6) is 0 Å². The summed E-state index contributed by atoms with van der Waals surface area (Å²) >= 11 is 1.65. The molecule has 4 nitrogen and oxygen atoms in total. The van der Waals surface area contributed by atoms with E-state index in [2.05, 4.69) is 15.2 Å². The zero-order valence-corrected chi connectivity index (χ0v) is 12.0. The molecule has 2 aliphatic heterocycles. The molecule has 2 saturated heterocycles. The van der Waals surface area contributed by atoms with Crippen molar-refractivity contribution < 1.29 is 4.79 Å². The van der Waals surface area contributed by atoms with Gasteiger partial charge in [-0.2, -0.15) is 0 Å². The highest BCUT2D eigenvalue weighted by molar-refractivity contribution is 7.17. The van der Waals surface area contributed by atoms with E-state index in [1.165, 1.54) is 19.5 Å². The lowest BCUT2D eigenvalue weighted by atomic mass is 9.97. The highest BCUT2D eigenvalue weighted by Crippen LogP contribution is 2.27. The van der Waals surface area contributed by atoms with Crippen molar-refractivity contribution >= 4 is 27.3 Å². The molecule has 0 spiro atoms. The minimum absolute atomic E-state index is 0.0344. The van der Waals surface area contributed by atoms with Gasteiger partial charge in [-0.3, -0.25) is 9.78 Å². The summed E-state index contributed by atoms with van der Waals surface area (Å²) in [5.74, 6) is 0.731. The Hall–Kier alpha value is -1.46. The van der Waals surface area contributed by atoms with Gasteiger partial charge < -0.3 is 10.2 Å². The number of rotatable bonds is 2. The zero-order valence-electron chi connectivity index (χ0n) is 11.2. The molecule has 2 bridgehead atoms. The number of hydrogen-bond acceptors (Lipinski definition) is 4. The van der Waals surface area contributed by atoms with Crippen LogP contribution in [-0.2, 0) is 0 Å². The Morgan fingerprint density at radius 2 is 2.40 bits per heavy atom. The maximum Gasteiger partial charge on any atom is 0.270 e. The van der Waals surface area contributed by atoms with E-state index in [1.807, 2.05) is 17.5 Å². The van der Waals surface area contributed by atoms with Gasteiger partial charge >= 0.3 is 0 Å². The summed E-state index contributed by atoms with van der Waals surface area (Å²) in [6.07, 6.45) is 4.18. The first-order valence-electron chi connectivity index (χ1n) is 7.14. The first kappa shape index (κ1) is 12.3. The third kappa shape index (κ3) is 2.21. The normalized spacial score (nSPS) is 28.7. The largest absolute Gasteiger partial charge is 0.347 e. The maximum atomic E-state index is 12.3. The molecule has 1 N–H and O–H groups in total. The van der Waals surface area contributed by atoms with Crippen LogP contribution >= 0.6 is 11.3 Å². The fourth-order valence-corrected chi connectivity index (χ4v) is 4.20. The Morgan fingerprint density at radius 1 is 1.45 bits per heavy atom. The molecule has 104 valence electrons. The Morgan fingerprint density at radius 3 is 3.30 bits per heavy atom. The van der Waals surface area contributed by atoms with Crippen LogP contribution in [0.25, 0.3) is 10.1 Å². The van der Waals surface area contributed by atoms with Crippen molar-refractivity contribution in [2.45, 2.75) is 18.9 Å². The number of fused-ring (bicyclic) bond motifs is 3. The smallest absolute Gasteiger partial charge is 0.270 e. The molecule has 20 heavy (non-hydrogen) atoms. The number of thiophene rings is 1. The van der Waals surface area contributed by atoms with Gasteiger partial charge in [-0.15, -0.1) is 11.3 Å². The molecular weight excluding hydrogens is 270 g/mol. The molecule has 3 atom stereocenters. The van der Waals surface area contributed by atoms with E-state index in [0.717, 1.165) is 29.0 Å². The van der Waals surface area contributed by atoms with Crippen LogP contribution in [0.3, 0.4) is 0 Å². The van der Waals surface area contributed by atoms with Gasteiger partial charge in [0.1, 0.15) is 5.69 Å². The van der Waals surface area contributed by atoms with Crippen LogP contribution in [0.1, 0.15) is 23.3 Å². The quantitative estimate of drug-likeness (QED) is 0.920. The number of hydrogen-bond donors (Lipinski definition) is 1. The van der Waals surface area contributed by atoms with Crippen LogP contribution in [0.4, 0.5) is 0 Å². The standard InChI is InChI=1S/C15H17N3OS/c19-15(13-6-14-11(7-16-13)2-4-20-14)17-12-5-10-1-3-18(8-10)9-12/h2,4,6-7,10,12H,1,3,5,8-9H2,(H,17,19)/t10-,12-/m1/s1. The fourth-order valence-electron chi connectivity index (χ4n) is 3.40. The van der Waals surface area contributed by atoms with Gasteiger partial charge in [-0.1, -0.05) is 0 Å². The van der Waals surface area contributed by atoms with Crippen molar-refractivity contribution in [1.82, 2.24) is 15.2 Å². The number of pyridine rings is 1. The van der Waals surface area contributed by atoms with Crippen LogP contribution in [0, 0.1) is 5.92 Å². The molecule has 0 saturated carbocycles. The van der Waals surface area contributed by atoms with E-state index in [1.54, 1.807) is 17.5 Å². The fraction of sp³-hybridized carbons (Fsp3) is 0.467. The molecule has 1 unspecified atom stereocenters. The van der Waals surface area contributed by atoms with Gasteiger partial charge in [0.15, 0.2) is 0 Å². The molecule has 4 rings (SSSR count). The monoisotopic (exact) mass is 287 g/mol. The lowest BCUT2D eigenvalue weighted by Gasteiger charge is -2.30. The molecular formula is C15H17N3OS. The minimum atomic E-state index is -0.0344. The van der Waals surface area contributed by atoms with Crippen molar-refractivity contribution in [1.29, 1.82) is 0 Å². The van der Waals surface area contributed by atoms with E-state index >= 15 is 0 Å². The molecule has 4 heterocycles. The number of amides is 1. The van der Waals surface area contributed by atoms with Crippen LogP contribution in [0.2, 0.25) is 0 Å². The average molecular weight is 287 g/mol. The van der Waals surface area contributed by atoms with E-state index in [4.69, 9.17) is 0 Å². The maximum absolute atomic E-state index is 12.3. The van der Waals surface area contributed by atoms with Crippen molar-refractivity contribution in [3.63, 3.8) is 0 Å². The Balaban J connectivity index is 1.49. The van der Waals surface area contributed by atoms with Gasteiger partial charge in [-0.05, 0) is 42.8 Å². The van der Waals surface area contributed by atoms with E-state index in [0.29, 0.717) is 5.69 Å². The molecule has 0 aromatic carbocycles. The number of nitrogens with zero attached hydrogens (tertiary/aromatic N) is 2. The van der Waals surface area contributed by atoms with E-state index in [9.17, 15) is 4.79 Å². The van der Waals surface area contributed by atoms with Crippen molar-refractivity contribution in [3.8, 4) is 0 Å². The minimum Gasteiger partial charge on any atom is -0.347 e. The summed E-state index contributed by atoms with van der Waals surface area (Å²) in [5.41, 5.74) is 0.535. The van der Waals surface area contributed by atoms with Gasteiger partial charge in [0, 0.05) is 35.4 Å². The van der Waals surface area contributed by atoms with Crippen molar-refractivity contribution in [3.05, 3.63) is 29.4 Å².